The standard InChI is InChI=1S/C19H31N3O2/c1-3-17-14-22(10-9-21(17)11-12-23-4-2)19-13-18(7-8-20-19)24-15-16-5-6-16/h7-8,13,16-17H,3-6,9-12,14-15H2,1-2H3/t17-/m0/s1. The van der Waals surface area contributed by atoms with E-state index in [9.17, 15) is 0 Å². The second-order valence-corrected chi connectivity index (χ2v) is 6.85. The van der Waals surface area contributed by atoms with E-state index in [2.05, 4.69) is 34.7 Å². The molecular formula is C19H31N3O2. The summed E-state index contributed by atoms with van der Waals surface area (Å²) in [6.45, 7) is 10.9. The van der Waals surface area contributed by atoms with Gasteiger partial charge in [0.1, 0.15) is 11.6 Å². The summed E-state index contributed by atoms with van der Waals surface area (Å²) in [4.78, 5) is 9.53. The molecule has 1 aliphatic carbocycles. The SMILES string of the molecule is CCOCCN1CCN(c2cc(OCC3CC3)ccn2)C[C@@H]1CC. The van der Waals surface area contributed by atoms with Gasteiger partial charge in [-0.2, -0.15) is 0 Å². The van der Waals surface area contributed by atoms with Crippen LogP contribution < -0.4 is 9.64 Å². The maximum Gasteiger partial charge on any atom is 0.132 e. The van der Waals surface area contributed by atoms with E-state index in [1.807, 2.05) is 12.3 Å². The first kappa shape index (κ1) is 17.5. The van der Waals surface area contributed by atoms with Gasteiger partial charge in [-0.15, -0.1) is 0 Å². The molecule has 2 aliphatic rings. The number of hydrogen-bond donors (Lipinski definition) is 0. The largest absolute Gasteiger partial charge is 0.493 e. The predicted molar refractivity (Wildman–Crippen MR) is 96.8 cm³/mol. The Hall–Kier alpha value is -1.33. The van der Waals surface area contributed by atoms with E-state index >= 15 is 0 Å². The molecular weight excluding hydrogens is 302 g/mol. The van der Waals surface area contributed by atoms with E-state index in [0.717, 1.165) is 69.9 Å². The average molecular weight is 333 g/mol. The Kier molecular flexibility index (Phi) is 6.32. The molecule has 0 N–H and O–H groups in total. The lowest BCUT2D eigenvalue weighted by Crippen LogP contribution is -2.54. The number of ether oxygens (including phenoxy) is 2. The summed E-state index contributed by atoms with van der Waals surface area (Å²) in [5.41, 5.74) is 0. The van der Waals surface area contributed by atoms with Gasteiger partial charge in [0, 0.05) is 51.1 Å². The van der Waals surface area contributed by atoms with Crippen LogP contribution >= 0.6 is 0 Å². The molecule has 5 nitrogen and oxygen atoms in total. The Morgan fingerprint density at radius 2 is 2.12 bits per heavy atom. The van der Waals surface area contributed by atoms with Gasteiger partial charge in [0.15, 0.2) is 0 Å². The van der Waals surface area contributed by atoms with Crippen LogP contribution in [0.1, 0.15) is 33.1 Å². The van der Waals surface area contributed by atoms with Gasteiger partial charge in [0.25, 0.3) is 0 Å². The fourth-order valence-electron chi connectivity index (χ4n) is 3.27. The van der Waals surface area contributed by atoms with Crippen LogP contribution in [0.3, 0.4) is 0 Å². The molecule has 0 amide bonds. The third kappa shape index (κ3) is 4.84. The quantitative estimate of drug-likeness (QED) is 0.650. The minimum absolute atomic E-state index is 0.567. The highest BCUT2D eigenvalue weighted by molar-refractivity contribution is 5.44. The van der Waals surface area contributed by atoms with Crippen molar-refractivity contribution in [2.24, 2.45) is 5.92 Å². The minimum atomic E-state index is 0.567. The zero-order valence-electron chi connectivity index (χ0n) is 15.1. The van der Waals surface area contributed by atoms with Crippen molar-refractivity contribution in [1.29, 1.82) is 0 Å². The van der Waals surface area contributed by atoms with Crippen molar-refractivity contribution in [2.75, 3.05) is 50.9 Å². The summed E-state index contributed by atoms with van der Waals surface area (Å²) < 4.78 is 11.4. The van der Waals surface area contributed by atoms with Crippen LogP contribution in [0.25, 0.3) is 0 Å². The number of nitrogens with zero attached hydrogens (tertiary/aromatic N) is 3. The monoisotopic (exact) mass is 333 g/mol. The first-order chi connectivity index (χ1) is 11.8. The van der Waals surface area contributed by atoms with Crippen LogP contribution in [-0.2, 0) is 4.74 Å². The molecule has 1 atom stereocenters. The molecule has 1 aromatic rings. The van der Waals surface area contributed by atoms with Crippen LogP contribution in [0.5, 0.6) is 5.75 Å². The lowest BCUT2D eigenvalue weighted by molar-refractivity contribution is 0.0869. The number of rotatable bonds is 9. The summed E-state index contributed by atoms with van der Waals surface area (Å²) in [6.07, 6.45) is 5.67. The number of hydrogen-bond acceptors (Lipinski definition) is 5. The Bertz CT molecular complexity index is 507. The van der Waals surface area contributed by atoms with Gasteiger partial charge in [-0.25, -0.2) is 4.98 Å². The van der Waals surface area contributed by atoms with Gasteiger partial charge in [0.05, 0.1) is 13.2 Å². The zero-order valence-corrected chi connectivity index (χ0v) is 15.1. The van der Waals surface area contributed by atoms with E-state index in [1.165, 1.54) is 12.8 Å². The lowest BCUT2D eigenvalue weighted by atomic mass is 10.1. The van der Waals surface area contributed by atoms with Crippen molar-refractivity contribution in [1.82, 2.24) is 9.88 Å². The summed E-state index contributed by atoms with van der Waals surface area (Å²) in [7, 11) is 0. The Labute approximate surface area is 145 Å². The first-order valence-corrected chi connectivity index (χ1v) is 9.45. The first-order valence-electron chi connectivity index (χ1n) is 9.45. The second kappa shape index (κ2) is 8.67. The van der Waals surface area contributed by atoms with Crippen molar-refractivity contribution in [3.05, 3.63) is 18.3 Å². The number of aromatic nitrogens is 1. The highest BCUT2D eigenvalue weighted by atomic mass is 16.5. The van der Waals surface area contributed by atoms with Gasteiger partial charge in [0.2, 0.25) is 0 Å². The molecule has 2 fully saturated rings. The van der Waals surface area contributed by atoms with Crippen LogP contribution in [-0.4, -0.2) is 61.9 Å². The molecule has 1 saturated heterocycles. The zero-order chi connectivity index (χ0) is 16.8. The van der Waals surface area contributed by atoms with Crippen LogP contribution in [0.4, 0.5) is 5.82 Å². The molecule has 0 bridgehead atoms. The maximum absolute atomic E-state index is 5.91. The number of pyridine rings is 1. The summed E-state index contributed by atoms with van der Waals surface area (Å²) >= 11 is 0. The Balaban J connectivity index is 1.55. The van der Waals surface area contributed by atoms with Gasteiger partial charge in [-0.05, 0) is 38.2 Å². The molecule has 0 unspecified atom stereocenters. The van der Waals surface area contributed by atoms with Crippen molar-refractivity contribution < 1.29 is 9.47 Å². The van der Waals surface area contributed by atoms with Crippen LogP contribution in [0.15, 0.2) is 18.3 Å². The fraction of sp³-hybridized carbons (Fsp3) is 0.737. The van der Waals surface area contributed by atoms with Gasteiger partial charge in [-0.3, -0.25) is 4.90 Å². The molecule has 2 heterocycles. The van der Waals surface area contributed by atoms with E-state index in [1.54, 1.807) is 0 Å². The number of anilines is 1. The molecule has 0 aromatic carbocycles. The van der Waals surface area contributed by atoms with Gasteiger partial charge in [-0.1, -0.05) is 6.92 Å². The van der Waals surface area contributed by atoms with E-state index in [0.29, 0.717) is 6.04 Å². The molecule has 1 saturated carbocycles. The highest BCUT2D eigenvalue weighted by Gasteiger charge is 2.26. The van der Waals surface area contributed by atoms with Gasteiger partial charge < -0.3 is 14.4 Å². The van der Waals surface area contributed by atoms with E-state index in [-0.39, 0.29) is 0 Å². The maximum atomic E-state index is 5.91. The average Bonchev–Trinajstić information content (AvgIpc) is 3.45. The third-order valence-corrected chi connectivity index (χ3v) is 5.03. The molecule has 134 valence electrons. The molecule has 3 rings (SSSR count). The number of piperazine rings is 1. The molecule has 0 radical (unpaired) electrons. The van der Waals surface area contributed by atoms with Crippen molar-refractivity contribution >= 4 is 5.82 Å². The van der Waals surface area contributed by atoms with Gasteiger partial charge >= 0.3 is 0 Å². The van der Waals surface area contributed by atoms with E-state index in [4.69, 9.17) is 9.47 Å². The Morgan fingerprint density at radius 1 is 1.25 bits per heavy atom. The molecule has 0 spiro atoms. The summed E-state index contributed by atoms with van der Waals surface area (Å²) in [6, 6.07) is 4.64. The van der Waals surface area contributed by atoms with Crippen molar-refractivity contribution in [3.63, 3.8) is 0 Å². The van der Waals surface area contributed by atoms with Crippen LogP contribution in [0, 0.1) is 5.92 Å². The molecule has 5 heteroatoms. The topological polar surface area (TPSA) is 37.8 Å². The summed E-state index contributed by atoms with van der Waals surface area (Å²) in [5.74, 6) is 2.78. The Morgan fingerprint density at radius 3 is 2.88 bits per heavy atom. The van der Waals surface area contributed by atoms with Crippen molar-refractivity contribution in [3.8, 4) is 5.75 Å². The van der Waals surface area contributed by atoms with E-state index < -0.39 is 0 Å². The molecule has 24 heavy (non-hydrogen) atoms. The fourth-order valence-corrected chi connectivity index (χ4v) is 3.27. The summed E-state index contributed by atoms with van der Waals surface area (Å²) in [5, 5.41) is 0. The third-order valence-electron chi connectivity index (χ3n) is 5.03. The second-order valence-electron chi connectivity index (χ2n) is 6.85. The lowest BCUT2D eigenvalue weighted by Gasteiger charge is -2.41. The molecule has 1 aliphatic heterocycles. The van der Waals surface area contributed by atoms with Crippen LogP contribution in [0.2, 0.25) is 0 Å². The van der Waals surface area contributed by atoms with Crippen molar-refractivity contribution in [2.45, 2.75) is 39.2 Å². The highest BCUT2D eigenvalue weighted by Crippen LogP contribution is 2.30. The normalized spacial score (nSPS) is 21.9. The minimum Gasteiger partial charge on any atom is -0.493 e. The molecule has 1 aromatic heterocycles. The smallest absolute Gasteiger partial charge is 0.132 e. The predicted octanol–water partition coefficient (Wildman–Crippen LogP) is 2.81.